The number of piperidine rings is 1. The molecule has 0 radical (unpaired) electrons. The molecule has 1 aliphatic carbocycles. The number of likely N-dealkylation sites (tertiary alicyclic amines) is 1. The molecule has 2 rings (SSSR count). The molecule has 2 nitrogen and oxygen atoms in total. The molecule has 1 aliphatic heterocycles. The molecule has 1 heterocycles. The average Bonchev–Trinajstić information content (AvgIpc) is 2.39. The third-order valence-electron chi connectivity index (χ3n) is 4.64. The van der Waals surface area contributed by atoms with E-state index in [0.717, 1.165) is 17.9 Å². The third-order valence-corrected chi connectivity index (χ3v) is 4.64. The van der Waals surface area contributed by atoms with Gasteiger partial charge in [0.05, 0.1) is 0 Å². The molecule has 0 aromatic rings. The molecular formula is C16H26N2. The lowest BCUT2D eigenvalue weighted by molar-refractivity contribution is 0.0939. The molecule has 0 amide bonds. The highest BCUT2D eigenvalue weighted by Gasteiger charge is 2.32. The molecule has 0 saturated carbocycles. The highest BCUT2D eigenvalue weighted by Crippen LogP contribution is 2.32. The summed E-state index contributed by atoms with van der Waals surface area (Å²) < 4.78 is 0. The predicted molar refractivity (Wildman–Crippen MR) is 78.2 cm³/mol. The summed E-state index contributed by atoms with van der Waals surface area (Å²) in [6.45, 7) is 10.9. The Morgan fingerprint density at radius 2 is 2.17 bits per heavy atom. The van der Waals surface area contributed by atoms with Crippen LogP contribution in [0.3, 0.4) is 0 Å². The second-order valence-electron chi connectivity index (χ2n) is 5.92. The standard InChI is InChI=1S/C16H26N2/c1-4-14-7-11-18(12-8-14)16(3)9-5-15(6-10-16)13(2)17/h5-6,9,14H,2,4,7-8,10-12,17H2,1,3H3. The Bertz CT molecular complexity index is 373. The number of hydrogen-bond acceptors (Lipinski definition) is 2. The minimum absolute atomic E-state index is 0.178. The van der Waals surface area contributed by atoms with E-state index in [4.69, 9.17) is 5.73 Å². The Balaban J connectivity index is 1.99. The van der Waals surface area contributed by atoms with Crippen molar-refractivity contribution in [2.24, 2.45) is 11.7 Å². The van der Waals surface area contributed by atoms with Crippen LogP contribution in [0.5, 0.6) is 0 Å². The van der Waals surface area contributed by atoms with E-state index in [1.807, 2.05) is 0 Å². The van der Waals surface area contributed by atoms with E-state index in [-0.39, 0.29) is 5.54 Å². The number of nitrogens with zero attached hydrogens (tertiary/aromatic N) is 1. The summed E-state index contributed by atoms with van der Waals surface area (Å²) in [7, 11) is 0. The van der Waals surface area contributed by atoms with Crippen molar-refractivity contribution >= 4 is 0 Å². The third kappa shape index (κ3) is 2.69. The molecule has 0 spiro atoms. The Morgan fingerprint density at radius 3 is 2.61 bits per heavy atom. The van der Waals surface area contributed by atoms with Crippen LogP contribution < -0.4 is 5.73 Å². The normalized spacial score (nSPS) is 30.2. The van der Waals surface area contributed by atoms with Gasteiger partial charge in [-0.1, -0.05) is 38.2 Å². The summed E-state index contributed by atoms with van der Waals surface area (Å²) in [6.07, 6.45) is 11.8. The van der Waals surface area contributed by atoms with Crippen molar-refractivity contribution in [1.82, 2.24) is 4.90 Å². The first-order valence-electron chi connectivity index (χ1n) is 7.14. The van der Waals surface area contributed by atoms with E-state index in [0.29, 0.717) is 5.70 Å². The molecule has 1 fully saturated rings. The summed E-state index contributed by atoms with van der Waals surface area (Å²) in [4.78, 5) is 2.63. The van der Waals surface area contributed by atoms with Crippen LogP contribution in [0, 0.1) is 5.92 Å². The van der Waals surface area contributed by atoms with E-state index in [1.54, 1.807) is 0 Å². The smallest absolute Gasteiger partial charge is 0.0401 e. The van der Waals surface area contributed by atoms with E-state index >= 15 is 0 Å². The maximum atomic E-state index is 5.74. The second-order valence-corrected chi connectivity index (χ2v) is 5.92. The zero-order chi connectivity index (χ0) is 13.2. The summed E-state index contributed by atoms with van der Waals surface area (Å²) in [5.41, 5.74) is 7.69. The first-order valence-corrected chi connectivity index (χ1v) is 7.14. The fourth-order valence-corrected chi connectivity index (χ4v) is 3.05. The lowest BCUT2D eigenvalue weighted by Crippen LogP contribution is -2.49. The Kier molecular flexibility index (Phi) is 3.96. The van der Waals surface area contributed by atoms with Gasteiger partial charge in [-0.3, -0.25) is 4.90 Å². The van der Waals surface area contributed by atoms with Crippen LogP contribution in [0.2, 0.25) is 0 Å². The highest BCUT2D eigenvalue weighted by atomic mass is 15.2. The van der Waals surface area contributed by atoms with Gasteiger partial charge in [-0.05, 0) is 50.8 Å². The zero-order valence-electron chi connectivity index (χ0n) is 11.8. The number of nitrogens with two attached hydrogens (primary N) is 1. The van der Waals surface area contributed by atoms with Crippen LogP contribution in [0.15, 0.2) is 36.1 Å². The molecule has 0 aromatic carbocycles. The predicted octanol–water partition coefficient (Wildman–Crippen LogP) is 3.23. The first kappa shape index (κ1) is 13.4. The molecule has 100 valence electrons. The van der Waals surface area contributed by atoms with Gasteiger partial charge >= 0.3 is 0 Å². The maximum Gasteiger partial charge on any atom is 0.0401 e. The number of allylic oxidation sites excluding steroid dienone is 1. The van der Waals surface area contributed by atoms with Crippen molar-refractivity contribution in [2.45, 2.75) is 45.1 Å². The minimum atomic E-state index is 0.178. The molecule has 18 heavy (non-hydrogen) atoms. The van der Waals surface area contributed by atoms with Crippen LogP contribution in [-0.4, -0.2) is 23.5 Å². The van der Waals surface area contributed by atoms with Crippen molar-refractivity contribution in [1.29, 1.82) is 0 Å². The molecular weight excluding hydrogens is 220 g/mol. The fraction of sp³-hybridized carbons (Fsp3) is 0.625. The molecule has 2 heteroatoms. The van der Waals surface area contributed by atoms with Gasteiger partial charge in [0.15, 0.2) is 0 Å². The quantitative estimate of drug-likeness (QED) is 0.828. The van der Waals surface area contributed by atoms with Gasteiger partial charge in [0, 0.05) is 11.2 Å². The first-order chi connectivity index (χ1) is 8.55. The van der Waals surface area contributed by atoms with Crippen LogP contribution in [-0.2, 0) is 0 Å². The highest BCUT2D eigenvalue weighted by molar-refractivity contribution is 5.40. The summed E-state index contributed by atoms with van der Waals surface area (Å²) in [5, 5.41) is 0. The van der Waals surface area contributed by atoms with Crippen molar-refractivity contribution in [3.8, 4) is 0 Å². The largest absolute Gasteiger partial charge is 0.399 e. The van der Waals surface area contributed by atoms with E-state index in [2.05, 4.69) is 43.6 Å². The number of hydrogen-bond donors (Lipinski definition) is 1. The van der Waals surface area contributed by atoms with E-state index in [9.17, 15) is 0 Å². The van der Waals surface area contributed by atoms with Gasteiger partial charge in [0.2, 0.25) is 0 Å². The fourth-order valence-electron chi connectivity index (χ4n) is 3.05. The zero-order valence-corrected chi connectivity index (χ0v) is 11.8. The van der Waals surface area contributed by atoms with Gasteiger partial charge in [-0.25, -0.2) is 0 Å². The Morgan fingerprint density at radius 1 is 1.50 bits per heavy atom. The van der Waals surface area contributed by atoms with Crippen LogP contribution in [0.25, 0.3) is 0 Å². The molecule has 0 aromatic heterocycles. The van der Waals surface area contributed by atoms with Crippen molar-refractivity contribution in [3.63, 3.8) is 0 Å². The monoisotopic (exact) mass is 246 g/mol. The SMILES string of the molecule is C=C(N)C1=CCC(C)(N2CCC(CC)CC2)C=C1. The van der Waals surface area contributed by atoms with Gasteiger partial charge in [-0.15, -0.1) is 0 Å². The lowest BCUT2D eigenvalue weighted by Gasteiger charge is -2.44. The second kappa shape index (κ2) is 5.31. The summed E-state index contributed by atoms with van der Waals surface area (Å²) in [5.74, 6) is 0.937. The summed E-state index contributed by atoms with van der Waals surface area (Å²) in [6, 6.07) is 0. The minimum Gasteiger partial charge on any atom is -0.399 e. The lowest BCUT2D eigenvalue weighted by atomic mass is 9.84. The molecule has 2 aliphatic rings. The summed E-state index contributed by atoms with van der Waals surface area (Å²) >= 11 is 0. The molecule has 1 saturated heterocycles. The van der Waals surface area contributed by atoms with Gasteiger partial charge in [0.25, 0.3) is 0 Å². The van der Waals surface area contributed by atoms with Gasteiger partial charge < -0.3 is 5.73 Å². The van der Waals surface area contributed by atoms with Crippen molar-refractivity contribution in [3.05, 3.63) is 36.1 Å². The van der Waals surface area contributed by atoms with E-state index in [1.165, 1.54) is 32.4 Å². The van der Waals surface area contributed by atoms with Crippen LogP contribution in [0.1, 0.15) is 39.5 Å². The molecule has 1 unspecified atom stereocenters. The topological polar surface area (TPSA) is 29.3 Å². The Hall–Kier alpha value is -1.02. The van der Waals surface area contributed by atoms with Crippen molar-refractivity contribution < 1.29 is 0 Å². The van der Waals surface area contributed by atoms with Gasteiger partial charge in [-0.2, -0.15) is 0 Å². The van der Waals surface area contributed by atoms with Crippen molar-refractivity contribution in [2.75, 3.05) is 13.1 Å². The van der Waals surface area contributed by atoms with E-state index < -0.39 is 0 Å². The molecule has 0 bridgehead atoms. The number of rotatable bonds is 3. The van der Waals surface area contributed by atoms with Crippen LogP contribution >= 0.6 is 0 Å². The molecule has 2 N–H and O–H groups in total. The van der Waals surface area contributed by atoms with Gasteiger partial charge in [0.1, 0.15) is 0 Å². The molecule has 1 atom stereocenters. The van der Waals surface area contributed by atoms with Crippen LogP contribution in [0.4, 0.5) is 0 Å². The Labute approximate surface area is 111 Å². The average molecular weight is 246 g/mol. The maximum absolute atomic E-state index is 5.74.